The summed E-state index contributed by atoms with van der Waals surface area (Å²) in [5.74, 6) is 0.997. The second-order valence-electron chi connectivity index (χ2n) is 3.34. The summed E-state index contributed by atoms with van der Waals surface area (Å²) in [6.07, 6.45) is 0. The van der Waals surface area contributed by atoms with Gasteiger partial charge in [0.15, 0.2) is 0 Å². The number of hydrogen-bond acceptors (Lipinski definition) is 4. The highest BCUT2D eigenvalue weighted by Gasteiger charge is 2.10. The average Bonchev–Trinajstić information content (AvgIpc) is 2.48. The third kappa shape index (κ3) is 3.22. The molecule has 4 nitrogen and oxygen atoms in total. The molecule has 1 aromatic rings. The fraction of sp³-hybridized carbons (Fsp3) is 0.750. The van der Waals surface area contributed by atoms with Crippen LogP contribution in [0.25, 0.3) is 0 Å². The van der Waals surface area contributed by atoms with Gasteiger partial charge in [0.2, 0.25) is 5.89 Å². The molecule has 0 bridgehead atoms. The lowest BCUT2D eigenvalue weighted by Gasteiger charge is -2.02. The zero-order valence-corrected chi connectivity index (χ0v) is 8.80. The van der Waals surface area contributed by atoms with Gasteiger partial charge >= 0.3 is 6.01 Å². The maximum absolute atomic E-state index is 5.76. The molecule has 0 fully saturated rings. The fourth-order valence-corrected chi connectivity index (χ4v) is 0.846. The van der Waals surface area contributed by atoms with Gasteiger partial charge in [0.05, 0.1) is 0 Å². The van der Waals surface area contributed by atoms with Crippen LogP contribution in [-0.2, 0) is 0 Å². The van der Waals surface area contributed by atoms with Crippen LogP contribution >= 0.6 is 11.6 Å². The Morgan fingerprint density at radius 3 is 2.54 bits per heavy atom. The molecule has 0 saturated heterocycles. The molecule has 1 heterocycles. The van der Waals surface area contributed by atoms with Crippen LogP contribution in [0.4, 0.5) is 6.01 Å². The Kier molecular flexibility index (Phi) is 3.54. The molecule has 0 radical (unpaired) electrons. The van der Waals surface area contributed by atoms with Gasteiger partial charge in [-0.1, -0.05) is 18.9 Å². The summed E-state index contributed by atoms with van der Waals surface area (Å²) in [5, 5.41) is 10.4. The Morgan fingerprint density at radius 1 is 1.38 bits per heavy atom. The average molecular weight is 204 g/mol. The van der Waals surface area contributed by atoms with E-state index in [4.69, 9.17) is 16.0 Å². The van der Waals surface area contributed by atoms with Crippen molar-refractivity contribution in [2.24, 2.45) is 5.92 Å². The smallest absolute Gasteiger partial charge is 0.315 e. The van der Waals surface area contributed by atoms with E-state index in [1.807, 2.05) is 0 Å². The lowest BCUT2D eigenvalue weighted by Crippen LogP contribution is -2.07. The van der Waals surface area contributed by atoms with Gasteiger partial charge in [-0.25, -0.2) is 0 Å². The summed E-state index contributed by atoms with van der Waals surface area (Å²) < 4.78 is 5.23. The van der Waals surface area contributed by atoms with Crippen LogP contribution in [0.2, 0.25) is 0 Å². The van der Waals surface area contributed by atoms with Gasteiger partial charge in [-0.05, 0) is 12.8 Å². The third-order valence-electron chi connectivity index (χ3n) is 1.44. The molecule has 0 aliphatic carbocycles. The fourth-order valence-electron chi connectivity index (χ4n) is 0.758. The number of rotatable bonds is 4. The first kappa shape index (κ1) is 10.3. The van der Waals surface area contributed by atoms with Gasteiger partial charge in [0.1, 0.15) is 5.38 Å². The molecular formula is C8H14ClN3O. The Morgan fingerprint density at radius 2 is 2.08 bits per heavy atom. The molecule has 1 rings (SSSR count). The maximum Gasteiger partial charge on any atom is 0.315 e. The van der Waals surface area contributed by atoms with Crippen molar-refractivity contribution >= 4 is 17.6 Å². The van der Waals surface area contributed by atoms with Crippen molar-refractivity contribution in [3.63, 3.8) is 0 Å². The molecule has 1 N–H and O–H groups in total. The number of nitrogens with one attached hydrogen (secondary N) is 1. The molecule has 0 aliphatic rings. The van der Waals surface area contributed by atoms with Crippen molar-refractivity contribution < 1.29 is 4.42 Å². The van der Waals surface area contributed by atoms with E-state index in [1.54, 1.807) is 6.92 Å². The molecule has 0 saturated carbocycles. The Bertz CT molecular complexity index is 260. The summed E-state index contributed by atoms with van der Waals surface area (Å²) in [6.45, 7) is 6.82. The minimum Gasteiger partial charge on any atom is -0.407 e. The first-order valence-corrected chi connectivity index (χ1v) is 4.74. The maximum atomic E-state index is 5.76. The van der Waals surface area contributed by atoms with Gasteiger partial charge in [-0.15, -0.1) is 16.7 Å². The van der Waals surface area contributed by atoms with Gasteiger partial charge in [-0.3, -0.25) is 0 Å². The zero-order valence-electron chi connectivity index (χ0n) is 8.04. The summed E-state index contributed by atoms with van der Waals surface area (Å²) >= 11 is 5.76. The number of nitrogens with zero attached hydrogens (tertiary/aromatic N) is 2. The first-order valence-electron chi connectivity index (χ1n) is 4.31. The van der Waals surface area contributed by atoms with Crippen LogP contribution in [0.1, 0.15) is 32.0 Å². The second-order valence-corrected chi connectivity index (χ2v) is 3.99. The highest BCUT2D eigenvalue weighted by atomic mass is 35.5. The molecule has 0 aromatic carbocycles. The van der Waals surface area contributed by atoms with Gasteiger partial charge in [0, 0.05) is 6.54 Å². The Hall–Kier alpha value is -0.770. The van der Waals surface area contributed by atoms with E-state index < -0.39 is 0 Å². The van der Waals surface area contributed by atoms with Crippen LogP contribution in [0.15, 0.2) is 4.42 Å². The van der Waals surface area contributed by atoms with Crippen molar-refractivity contribution in [3.8, 4) is 0 Å². The molecule has 13 heavy (non-hydrogen) atoms. The number of alkyl halides is 1. The van der Waals surface area contributed by atoms with Crippen LogP contribution in [-0.4, -0.2) is 16.7 Å². The minimum absolute atomic E-state index is 0.234. The largest absolute Gasteiger partial charge is 0.407 e. The zero-order chi connectivity index (χ0) is 9.84. The highest BCUT2D eigenvalue weighted by molar-refractivity contribution is 6.20. The normalized spacial score (nSPS) is 13.3. The number of halogens is 1. The third-order valence-corrected chi connectivity index (χ3v) is 1.63. The minimum atomic E-state index is -0.234. The van der Waals surface area contributed by atoms with Crippen molar-refractivity contribution in [1.82, 2.24) is 10.2 Å². The number of hydrogen-bond donors (Lipinski definition) is 1. The molecule has 0 spiro atoms. The van der Waals surface area contributed by atoms with E-state index in [1.165, 1.54) is 0 Å². The van der Waals surface area contributed by atoms with E-state index in [-0.39, 0.29) is 5.38 Å². The summed E-state index contributed by atoms with van der Waals surface area (Å²) in [7, 11) is 0. The summed E-state index contributed by atoms with van der Waals surface area (Å²) in [6, 6.07) is 0.441. The van der Waals surface area contributed by atoms with E-state index in [9.17, 15) is 0 Å². The van der Waals surface area contributed by atoms with Crippen LogP contribution in [0.3, 0.4) is 0 Å². The quantitative estimate of drug-likeness (QED) is 0.764. The molecule has 1 aromatic heterocycles. The predicted molar refractivity (Wildman–Crippen MR) is 51.9 cm³/mol. The molecule has 0 aliphatic heterocycles. The molecule has 5 heteroatoms. The van der Waals surface area contributed by atoms with E-state index in [0.717, 1.165) is 6.54 Å². The first-order chi connectivity index (χ1) is 6.09. The highest BCUT2D eigenvalue weighted by Crippen LogP contribution is 2.19. The molecule has 1 atom stereocenters. The number of aromatic nitrogens is 2. The molecule has 74 valence electrons. The molecule has 1 unspecified atom stereocenters. The second kappa shape index (κ2) is 4.46. The van der Waals surface area contributed by atoms with E-state index >= 15 is 0 Å². The SMILES string of the molecule is CC(C)CNc1nnc(C(C)Cl)o1. The summed E-state index contributed by atoms with van der Waals surface area (Å²) in [5.41, 5.74) is 0. The topological polar surface area (TPSA) is 51.0 Å². The monoisotopic (exact) mass is 203 g/mol. The number of anilines is 1. The van der Waals surface area contributed by atoms with Crippen molar-refractivity contribution in [2.45, 2.75) is 26.1 Å². The van der Waals surface area contributed by atoms with Crippen LogP contribution in [0, 0.1) is 5.92 Å². The van der Waals surface area contributed by atoms with E-state index in [0.29, 0.717) is 17.8 Å². The van der Waals surface area contributed by atoms with Crippen LogP contribution < -0.4 is 5.32 Å². The lowest BCUT2D eigenvalue weighted by atomic mass is 10.2. The Balaban J connectivity index is 2.49. The van der Waals surface area contributed by atoms with Crippen molar-refractivity contribution in [1.29, 1.82) is 0 Å². The van der Waals surface area contributed by atoms with E-state index in [2.05, 4.69) is 29.4 Å². The molecular weight excluding hydrogens is 190 g/mol. The summed E-state index contributed by atoms with van der Waals surface area (Å²) in [4.78, 5) is 0. The predicted octanol–water partition coefficient (Wildman–Crippen LogP) is 2.44. The van der Waals surface area contributed by atoms with Gasteiger partial charge in [-0.2, -0.15) is 0 Å². The van der Waals surface area contributed by atoms with Crippen LogP contribution in [0.5, 0.6) is 0 Å². The van der Waals surface area contributed by atoms with Crippen molar-refractivity contribution in [3.05, 3.63) is 5.89 Å². The van der Waals surface area contributed by atoms with Crippen molar-refractivity contribution in [2.75, 3.05) is 11.9 Å². The van der Waals surface area contributed by atoms with Gasteiger partial charge in [0.25, 0.3) is 0 Å². The van der Waals surface area contributed by atoms with Gasteiger partial charge < -0.3 is 9.73 Å². The molecule has 0 amide bonds. The lowest BCUT2D eigenvalue weighted by molar-refractivity contribution is 0.501. The Labute approximate surface area is 82.7 Å². The standard InChI is InChI=1S/C8H14ClN3O/c1-5(2)4-10-8-12-11-7(13-8)6(3)9/h5-6H,4H2,1-3H3,(H,10,12).